The van der Waals surface area contributed by atoms with Crippen LogP contribution in [-0.2, 0) is 0 Å². The standard InChI is InChI=1S/C51H31N3OS/c1-2-12-33(13-3-1)44-30-45(38-16-5-4-15-36(38)35-14-11-29-52-31-35)54-51(53-44)34-25-23-32(24-26-34)37-27-28-40(48-43-18-6-8-21-46(43)55-49(37)48)42-20-10-19-41-39-17-7-9-22-47(39)56-50(41)42/h1-31H. The van der Waals surface area contributed by atoms with Crippen molar-refractivity contribution in [2.24, 2.45) is 0 Å². The molecule has 0 N–H and O–H groups in total. The van der Waals surface area contributed by atoms with Crippen molar-refractivity contribution in [2.75, 3.05) is 0 Å². The molecule has 0 unspecified atom stereocenters. The Labute approximate surface area is 327 Å². The fourth-order valence-corrected chi connectivity index (χ4v) is 9.22. The summed E-state index contributed by atoms with van der Waals surface area (Å²) in [4.78, 5) is 14.7. The van der Waals surface area contributed by atoms with Crippen molar-refractivity contribution in [3.8, 4) is 67.3 Å². The number of pyridine rings is 1. The van der Waals surface area contributed by atoms with Gasteiger partial charge in [0.2, 0.25) is 0 Å². The molecule has 0 saturated heterocycles. The highest BCUT2D eigenvalue weighted by Crippen LogP contribution is 2.46. The predicted octanol–water partition coefficient (Wildman–Crippen LogP) is 14.1. The summed E-state index contributed by atoms with van der Waals surface area (Å²) in [6.07, 6.45) is 3.69. The molecule has 0 aliphatic rings. The van der Waals surface area contributed by atoms with E-state index in [0.717, 1.165) is 72.3 Å². The van der Waals surface area contributed by atoms with Crippen LogP contribution in [0.4, 0.5) is 0 Å². The van der Waals surface area contributed by atoms with Gasteiger partial charge in [-0.2, -0.15) is 0 Å². The lowest BCUT2D eigenvalue weighted by Crippen LogP contribution is -1.97. The van der Waals surface area contributed by atoms with Crippen LogP contribution in [0.2, 0.25) is 0 Å². The summed E-state index contributed by atoms with van der Waals surface area (Å²) >= 11 is 1.85. The molecular formula is C51H31N3OS. The quantitative estimate of drug-likeness (QED) is 0.171. The van der Waals surface area contributed by atoms with Crippen LogP contribution in [-0.4, -0.2) is 15.0 Å². The van der Waals surface area contributed by atoms with Crippen LogP contribution in [0.15, 0.2) is 193 Å². The summed E-state index contributed by atoms with van der Waals surface area (Å²) in [5.41, 5.74) is 13.1. The summed E-state index contributed by atoms with van der Waals surface area (Å²) in [5, 5.41) is 4.82. The van der Waals surface area contributed by atoms with Crippen LogP contribution in [0.25, 0.3) is 109 Å². The van der Waals surface area contributed by atoms with E-state index < -0.39 is 0 Å². The number of thiophene rings is 1. The molecule has 0 atom stereocenters. The topological polar surface area (TPSA) is 51.8 Å². The highest BCUT2D eigenvalue weighted by atomic mass is 32.1. The molecule has 0 radical (unpaired) electrons. The number of benzene rings is 7. The Morgan fingerprint density at radius 3 is 1.96 bits per heavy atom. The second-order valence-corrected chi connectivity index (χ2v) is 15.0. The normalized spacial score (nSPS) is 11.6. The van der Waals surface area contributed by atoms with Crippen LogP contribution in [0.1, 0.15) is 0 Å². The molecule has 0 bridgehead atoms. The molecule has 262 valence electrons. The van der Waals surface area contributed by atoms with E-state index in [4.69, 9.17) is 14.4 Å². The first-order chi connectivity index (χ1) is 27.8. The molecule has 11 rings (SSSR count). The van der Waals surface area contributed by atoms with E-state index in [1.165, 1.54) is 31.3 Å². The van der Waals surface area contributed by atoms with Gasteiger partial charge < -0.3 is 4.42 Å². The van der Waals surface area contributed by atoms with Gasteiger partial charge in [0.05, 0.1) is 11.4 Å². The number of fused-ring (bicyclic) bond motifs is 6. The summed E-state index contributed by atoms with van der Waals surface area (Å²) < 4.78 is 9.32. The molecular weight excluding hydrogens is 703 g/mol. The number of rotatable bonds is 6. The highest BCUT2D eigenvalue weighted by molar-refractivity contribution is 7.26. The second-order valence-electron chi connectivity index (χ2n) is 13.9. The van der Waals surface area contributed by atoms with Gasteiger partial charge in [0.1, 0.15) is 11.2 Å². The van der Waals surface area contributed by atoms with Crippen LogP contribution in [0.3, 0.4) is 0 Å². The Kier molecular flexibility index (Phi) is 7.64. The van der Waals surface area contributed by atoms with Crippen LogP contribution in [0, 0.1) is 0 Å². The molecule has 0 aliphatic carbocycles. The molecule has 56 heavy (non-hydrogen) atoms. The SMILES string of the molecule is c1ccc(-c2cc(-c3ccccc3-c3cccnc3)nc(-c3ccc(-c4ccc(-c5cccc6c5sc5ccccc56)c5c4oc4ccccc45)cc3)n2)cc1. The lowest BCUT2D eigenvalue weighted by molar-refractivity contribution is 0.670. The van der Waals surface area contributed by atoms with Crippen molar-refractivity contribution < 1.29 is 4.42 Å². The van der Waals surface area contributed by atoms with Gasteiger partial charge in [-0.05, 0) is 47.0 Å². The Balaban J connectivity index is 1.05. The Hall–Kier alpha value is -7.21. The average Bonchev–Trinajstić information content (AvgIpc) is 3.86. The molecule has 0 spiro atoms. The maximum Gasteiger partial charge on any atom is 0.160 e. The van der Waals surface area contributed by atoms with Gasteiger partial charge in [0.15, 0.2) is 5.82 Å². The largest absolute Gasteiger partial charge is 0.455 e. The van der Waals surface area contributed by atoms with Crippen molar-refractivity contribution >= 4 is 53.4 Å². The Morgan fingerprint density at radius 2 is 1.11 bits per heavy atom. The number of para-hydroxylation sites is 1. The van der Waals surface area contributed by atoms with Crippen molar-refractivity contribution in [3.05, 3.63) is 188 Å². The van der Waals surface area contributed by atoms with Crippen LogP contribution >= 0.6 is 11.3 Å². The second kappa shape index (κ2) is 13.3. The van der Waals surface area contributed by atoms with Gasteiger partial charge in [-0.25, -0.2) is 9.97 Å². The van der Waals surface area contributed by atoms with E-state index in [-0.39, 0.29) is 0 Å². The first-order valence-corrected chi connectivity index (χ1v) is 19.5. The van der Waals surface area contributed by atoms with E-state index in [9.17, 15) is 0 Å². The minimum atomic E-state index is 0.662. The predicted molar refractivity (Wildman–Crippen MR) is 233 cm³/mol. The van der Waals surface area contributed by atoms with Gasteiger partial charge in [-0.1, -0.05) is 146 Å². The molecule has 0 fully saturated rings. The zero-order valence-corrected chi connectivity index (χ0v) is 30.9. The Bertz CT molecular complexity index is 3240. The van der Waals surface area contributed by atoms with E-state index in [2.05, 4.69) is 151 Å². The zero-order chi connectivity index (χ0) is 37.0. The lowest BCUT2D eigenvalue weighted by Gasteiger charge is -2.13. The molecule has 0 saturated carbocycles. The van der Waals surface area contributed by atoms with E-state index >= 15 is 0 Å². The third-order valence-corrected chi connectivity index (χ3v) is 11.9. The fraction of sp³-hybridized carbons (Fsp3) is 0. The minimum Gasteiger partial charge on any atom is -0.455 e. The molecule has 0 amide bonds. The molecule has 0 aliphatic heterocycles. The third kappa shape index (κ3) is 5.40. The molecule has 4 nitrogen and oxygen atoms in total. The first-order valence-electron chi connectivity index (χ1n) is 18.7. The number of aromatic nitrogens is 3. The zero-order valence-electron chi connectivity index (χ0n) is 30.1. The van der Waals surface area contributed by atoms with Crippen molar-refractivity contribution in [3.63, 3.8) is 0 Å². The minimum absolute atomic E-state index is 0.662. The van der Waals surface area contributed by atoms with Gasteiger partial charge in [0.25, 0.3) is 0 Å². The summed E-state index contributed by atoms with van der Waals surface area (Å²) in [5.74, 6) is 0.662. The van der Waals surface area contributed by atoms with Crippen LogP contribution in [0.5, 0.6) is 0 Å². The smallest absolute Gasteiger partial charge is 0.160 e. The molecule has 4 aromatic heterocycles. The van der Waals surface area contributed by atoms with E-state index in [0.29, 0.717) is 5.82 Å². The maximum atomic E-state index is 6.74. The fourth-order valence-electron chi connectivity index (χ4n) is 7.99. The van der Waals surface area contributed by atoms with Gasteiger partial charge in [-0.3, -0.25) is 4.98 Å². The summed E-state index contributed by atoms with van der Waals surface area (Å²) in [6, 6.07) is 61.5. The van der Waals surface area contributed by atoms with Gasteiger partial charge >= 0.3 is 0 Å². The van der Waals surface area contributed by atoms with Crippen LogP contribution < -0.4 is 0 Å². The monoisotopic (exact) mass is 733 g/mol. The molecule has 4 heterocycles. The summed E-state index contributed by atoms with van der Waals surface area (Å²) in [7, 11) is 0. The lowest BCUT2D eigenvalue weighted by atomic mass is 9.93. The number of hydrogen-bond acceptors (Lipinski definition) is 5. The van der Waals surface area contributed by atoms with E-state index in [1.807, 2.05) is 47.9 Å². The first kappa shape index (κ1) is 32.2. The molecule has 11 aromatic rings. The van der Waals surface area contributed by atoms with Gasteiger partial charge in [-0.15, -0.1) is 11.3 Å². The van der Waals surface area contributed by atoms with Crippen molar-refractivity contribution in [1.29, 1.82) is 0 Å². The third-order valence-electron chi connectivity index (χ3n) is 10.6. The average molecular weight is 734 g/mol. The van der Waals surface area contributed by atoms with Crippen molar-refractivity contribution in [2.45, 2.75) is 0 Å². The summed E-state index contributed by atoms with van der Waals surface area (Å²) in [6.45, 7) is 0. The number of hydrogen-bond donors (Lipinski definition) is 0. The maximum absolute atomic E-state index is 6.74. The molecule has 7 aromatic carbocycles. The highest BCUT2D eigenvalue weighted by Gasteiger charge is 2.20. The number of nitrogens with zero attached hydrogens (tertiary/aromatic N) is 3. The number of furan rings is 1. The molecule has 5 heteroatoms. The Morgan fingerprint density at radius 1 is 0.429 bits per heavy atom. The van der Waals surface area contributed by atoms with Crippen molar-refractivity contribution in [1.82, 2.24) is 15.0 Å². The van der Waals surface area contributed by atoms with Gasteiger partial charge in [0, 0.05) is 76.7 Å². The van der Waals surface area contributed by atoms with E-state index in [1.54, 1.807) is 6.20 Å².